The molecule has 0 bridgehead atoms. The summed E-state index contributed by atoms with van der Waals surface area (Å²) >= 11 is 0. The number of rotatable bonds is 4. The van der Waals surface area contributed by atoms with Gasteiger partial charge in [0.2, 0.25) is 0 Å². The van der Waals surface area contributed by atoms with E-state index in [0.29, 0.717) is 5.69 Å². The zero-order valence-corrected chi connectivity index (χ0v) is 21.3. The third kappa shape index (κ3) is 4.37. The summed E-state index contributed by atoms with van der Waals surface area (Å²) < 4.78 is 2.12. The maximum atomic E-state index is 7.52. The number of hydrogen-bond donors (Lipinski definition) is 0. The molecule has 4 heteroatoms. The number of hydrogen-bond acceptors (Lipinski definition) is 1. The van der Waals surface area contributed by atoms with E-state index in [0.717, 1.165) is 44.9 Å². The van der Waals surface area contributed by atoms with Gasteiger partial charge in [0.1, 0.15) is 5.69 Å². The summed E-state index contributed by atoms with van der Waals surface area (Å²) in [5.74, 6) is 0.762. The molecule has 0 fully saturated rings. The van der Waals surface area contributed by atoms with E-state index in [9.17, 15) is 0 Å². The molecule has 0 atom stereocenters. The van der Waals surface area contributed by atoms with Crippen LogP contribution in [0, 0.1) is 26.5 Å². The fourth-order valence-electron chi connectivity index (χ4n) is 4.20. The zero-order chi connectivity index (χ0) is 22.8. The fraction of sp³-hybridized carbons (Fsp3) is 0.0667. The maximum absolute atomic E-state index is 7.52. The van der Waals surface area contributed by atoms with Crippen molar-refractivity contribution in [3.05, 3.63) is 126 Å². The first-order chi connectivity index (χ1) is 16.2. The molecule has 1 heterocycles. The van der Waals surface area contributed by atoms with Crippen molar-refractivity contribution >= 4 is 5.69 Å². The normalized spacial score (nSPS) is 10.4. The molecule has 0 saturated heterocycles. The van der Waals surface area contributed by atoms with Gasteiger partial charge in [-0.1, -0.05) is 67.6 Å². The summed E-state index contributed by atoms with van der Waals surface area (Å²) in [6, 6.07) is 32.4. The third-order valence-electron chi connectivity index (χ3n) is 5.80. The average Bonchev–Trinajstić information content (AvgIpc) is 3.34. The molecule has 0 aliphatic carbocycles. The Hall–Kier alpha value is -3.77. The average molecular weight is 617 g/mol. The monoisotopic (exact) mass is 617 g/mol. The molecule has 0 aliphatic rings. The number of aryl methyl sites for hydroxylation is 2. The Morgan fingerprint density at radius 1 is 0.853 bits per heavy atom. The van der Waals surface area contributed by atoms with Crippen LogP contribution >= 0.6 is 0 Å². The number of benzene rings is 4. The molecule has 5 rings (SSSR count). The smallest absolute Gasteiger partial charge is 0.111 e. The van der Waals surface area contributed by atoms with Crippen LogP contribution in [0.3, 0.4) is 0 Å². The number of imidazole rings is 1. The summed E-state index contributed by atoms with van der Waals surface area (Å²) in [7, 11) is 0. The van der Waals surface area contributed by atoms with Gasteiger partial charge >= 0.3 is 0 Å². The largest absolute Gasteiger partial charge is 0.339 e. The molecule has 1 radical (unpaired) electrons. The van der Waals surface area contributed by atoms with Gasteiger partial charge in [-0.25, -0.2) is 0 Å². The summed E-state index contributed by atoms with van der Waals surface area (Å²) in [6.07, 6.45) is 3.80. The SMILES string of the molecule is [C-]#[N+]c1cc(-c2nccn2-c2c(-c3ccccc3)cc(C)cc2-c2ccccc2)[c-]cc1C.[Ir]. The molecule has 1 aromatic heterocycles. The van der Waals surface area contributed by atoms with Gasteiger partial charge in [-0.15, -0.1) is 23.3 Å². The molecule has 0 aliphatic heterocycles. The van der Waals surface area contributed by atoms with Gasteiger partial charge in [-0.2, -0.15) is 6.07 Å². The van der Waals surface area contributed by atoms with Crippen LogP contribution < -0.4 is 0 Å². The summed E-state index contributed by atoms with van der Waals surface area (Å²) in [5, 5.41) is 0. The van der Waals surface area contributed by atoms with Crippen LogP contribution in [-0.2, 0) is 20.1 Å². The van der Waals surface area contributed by atoms with Gasteiger partial charge in [0.25, 0.3) is 0 Å². The molecule has 5 aromatic rings. The van der Waals surface area contributed by atoms with Crippen molar-refractivity contribution in [2.45, 2.75) is 13.8 Å². The van der Waals surface area contributed by atoms with Crippen LogP contribution in [0.15, 0.2) is 97.3 Å². The van der Waals surface area contributed by atoms with Gasteiger partial charge in [0.15, 0.2) is 0 Å². The molecule has 3 nitrogen and oxygen atoms in total. The standard InChI is InChI=1S/C30H22N3.Ir/c1-21-18-26(23-10-6-4-7-11-23)29(27(19-21)24-12-8-5-9-13-24)33-17-16-32-30(33)25-15-14-22(2)28(20-25)31-3;/h4-14,16-20H,1-2H3;/q-1;. The van der Waals surface area contributed by atoms with Crippen LogP contribution in [0.4, 0.5) is 5.69 Å². The minimum Gasteiger partial charge on any atom is -0.339 e. The topological polar surface area (TPSA) is 22.2 Å². The maximum Gasteiger partial charge on any atom is 0.111 e. The number of nitrogens with zero attached hydrogens (tertiary/aromatic N) is 3. The summed E-state index contributed by atoms with van der Waals surface area (Å²) in [5.41, 5.74) is 9.13. The van der Waals surface area contributed by atoms with E-state index in [1.165, 1.54) is 5.56 Å². The zero-order valence-electron chi connectivity index (χ0n) is 18.9. The van der Waals surface area contributed by atoms with Gasteiger partial charge < -0.3 is 4.57 Å². The van der Waals surface area contributed by atoms with Crippen LogP contribution in [0.1, 0.15) is 11.1 Å². The molecule has 4 aromatic carbocycles. The van der Waals surface area contributed by atoms with Crippen molar-refractivity contribution < 1.29 is 20.1 Å². The first kappa shape index (κ1) is 23.4. The van der Waals surface area contributed by atoms with Crippen molar-refractivity contribution in [3.8, 4) is 39.3 Å². The second kappa shape index (κ2) is 10.0. The van der Waals surface area contributed by atoms with Crippen molar-refractivity contribution in [2.75, 3.05) is 0 Å². The van der Waals surface area contributed by atoms with Crippen molar-refractivity contribution in [1.29, 1.82) is 0 Å². The molecule has 0 amide bonds. The third-order valence-corrected chi connectivity index (χ3v) is 5.80. The minimum absolute atomic E-state index is 0. The molecule has 0 spiro atoms. The predicted molar refractivity (Wildman–Crippen MR) is 134 cm³/mol. The van der Waals surface area contributed by atoms with Crippen LogP contribution in [0.2, 0.25) is 0 Å². The van der Waals surface area contributed by atoms with Crippen molar-refractivity contribution in [3.63, 3.8) is 0 Å². The quantitative estimate of drug-likeness (QED) is 0.189. The van der Waals surface area contributed by atoms with E-state index in [1.807, 2.05) is 43.6 Å². The Balaban J connectivity index is 0.00000274. The molecule has 167 valence electrons. The van der Waals surface area contributed by atoms with Crippen LogP contribution in [0.5, 0.6) is 0 Å². The van der Waals surface area contributed by atoms with E-state index >= 15 is 0 Å². The van der Waals surface area contributed by atoms with Crippen LogP contribution in [0.25, 0.3) is 44.2 Å². The first-order valence-corrected chi connectivity index (χ1v) is 10.8. The van der Waals surface area contributed by atoms with Crippen molar-refractivity contribution in [2.24, 2.45) is 0 Å². The molecule has 34 heavy (non-hydrogen) atoms. The van der Waals surface area contributed by atoms with Gasteiger partial charge in [-0.3, -0.25) is 9.83 Å². The molecular formula is C30H22IrN3-. The molecule has 0 unspecified atom stereocenters. The van der Waals surface area contributed by atoms with E-state index < -0.39 is 0 Å². The Labute approximate surface area is 213 Å². The Morgan fingerprint density at radius 3 is 2.00 bits per heavy atom. The second-order valence-electron chi connectivity index (χ2n) is 8.09. The predicted octanol–water partition coefficient (Wildman–Crippen LogP) is 7.84. The number of aromatic nitrogens is 2. The Morgan fingerprint density at radius 2 is 1.44 bits per heavy atom. The van der Waals surface area contributed by atoms with E-state index in [-0.39, 0.29) is 20.1 Å². The van der Waals surface area contributed by atoms with Gasteiger partial charge in [0.05, 0.1) is 18.1 Å². The van der Waals surface area contributed by atoms with Crippen molar-refractivity contribution in [1.82, 2.24) is 9.55 Å². The molecule has 0 N–H and O–H groups in total. The molecular weight excluding hydrogens is 595 g/mol. The Bertz CT molecular complexity index is 1420. The Kier molecular flexibility index (Phi) is 6.89. The van der Waals surface area contributed by atoms with Gasteiger partial charge in [-0.05, 0) is 35.7 Å². The second-order valence-corrected chi connectivity index (χ2v) is 8.09. The first-order valence-electron chi connectivity index (χ1n) is 10.8. The minimum atomic E-state index is 0. The van der Waals surface area contributed by atoms with E-state index in [1.54, 1.807) is 0 Å². The van der Waals surface area contributed by atoms with Crippen LogP contribution in [-0.4, -0.2) is 9.55 Å². The van der Waals surface area contributed by atoms with E-state index in [2.05, 4.69) is 88.0 Å². The summed E-state index contributed by atoms with van der Waals surface area (Å²) in [4.78, 5) is 8.37. The van der Waals surface area contributed by atoms with Gasteiger partial charge in [0, 0.05) is 43.6 Å². The van der Waals surface area contributed by atoms with E-state index in [4.69, 9.17) is 6.57 Å². The fourth-order valence-corrected chi connectivity index (χ4v) is 4.20. The molecule has 0 saturated carbocycles. The summed E-state index contributed by atoms with van der Waals surface area (Å²) in [6.45, 7) is 11.6.